The van der Waals surface area contributed by atoms with Crippen molar-refractivity contribution in [2.45, 2.75) is 32.7 Å². The van der Waals surface area contributed by atoms with Crippen LogP contribution < -0.4 is 15.4 Å². The molecule has 7 nitrogen and oxygen atoms in total. The quantitative estimate of drug-likeness (QED) is 0.554. The molecule has 1 fully saturated rings. The van der Waals surface area contributed by atoms with Crippen LogP contribution in [0.4, 0.5) is 5.69 Å². The van der Waals surface area contributed by atoms with E-state index in [0.717, 1.165) is 35.5 Å². The van der Waals surface area contributed by atoms with E-state index < -0.39 is 0 Å². The molecular formula is C25H26N4O3. The van der Waals surface area contributed by atoms with E-state index in [-0.39, 0.29) is 17.9 Å². The third kappa shape index (κ3) is 4.72. The lowest BCUT2D eigenvalue weighted by Crippen LogP contribution is -2.26. The topological polar surface area (TPSA) is 85.2 Å². The van der Waals surface area contributed by atoms with Crippen LogP contribution in [0.3, 0.4) is 0 Å². The second-order valence-electron chi connectivity index (χ2n) is 7.81. The fraction of sp³-hybridized carbons (Fsp3) is 0.240. The van der Waals surface area contributed by atoms with Crippen LogP contribution in [0.5, 0.6) is 5.75 Å². The fourth-order valence-electron chi connectivity index (χ4n) is 3.49. The molecule has 2 N–H and O–H groups in total. The number of hydrogen-bond acceptors (Lipinski definition) is 4. The van der Waals surface area contributed by atoms with Gasteiger partial charge in [0.25, 0.3) is 5.91 Å². The number of aryl methyl sites for hydroxylation is 1. The van der Waals surface area contributed by atoms with Crippen molar-refractivity contribution in [2.24, 2.45) is 0 Å². The normalized spacial score (nSPS) is 13.2. The maximum Gasteiger partial charge on any atom is 0.253 e. The van der Waals surface area contributed by atoms with Gasteiger partial charge < -0.3 is 15.4 Å². The summed E-state index contributed by atoms with van der Waals surface area (Å²) < 4.78 is 7.10. The van der Waals surface area contributed by atoms with Crippen LogP contribution in [-0.4, -0.2) is 34.7 Å². The van der Waals surface area contributed by atoms with Gasteiger partial charge in [0.1, 0.15) is 5.75 Å². The van der Waals surface area contributed by atoms with Gasteiger partial charge in [-0.2, -0.15) is 5.10 Å². The fourth-order valence-corrected chi connectivity index (χ4v) is 3.49. The molecule has 4 rings (SSSR count). The van der Waals surface area contributed by atoms with Gasteiger partial charge in [0.2, 0.25) is 5.91 Å². The zero-order valence-electron chi connectivity index (χ0n) is 18.4. The number of rotatable bonds is 7. The van der Waals surface area contributed by atoms with Gasteiger partial charge in [-0.3, -0.25) is 9.59 Å². The number of hydrogen-bond donors (Lipinski definition) is 2. The predicted octanol–water partition coefficient (Wildman–Crippen LogP) is 4.04. The molecule has 0 aliphatic heterocycles. The van der Waals surface area contributed by atoms with E-state index in [4.69, 9.17) is 4.74 Å². The van der Waals surface area contributed by atoms with Crippen molar-refractivity contribution >= 4 is 23.6 Å². The first-order valence-electron chi connectivity index (χ1n) is 10.6. The maximum atomic E-state index is 12.7. The molecule has 0 saturated heterocycles. The third-order valence-electron chi connectivity index (χ3n) is 5.39. The molecule has 1 aliphatic rings. The number of para-hydroxylation sites is 1. The zero-order chi connectivity index (χ0) is 22.7. The van der Waals surface area contributed by atoms with Gasteiger partial charge in [0.15, 0.2) is 0 Å². The van der Waals surface area contributed by atoms with Crippen molar-refractivity contribution in [3.05, 3.63) is 77.1 Å². The van der Waals surface area contributed by atoms with E-state index >= 15 is 0 Å². The molecule has 32 heavy (non-hydrogen) atoms. The Hall–Kier alpha value is -3.87. The minimum absolute atomic E-state index is 0.212. The molecule has 1 aromatic heterocycles. The molecule has 1 aliphatic carbocycles. The van der Waals surface area contributed by atoms with Crippen LogP contribution in [0.15, 0.2) is 54.6 Å². The van der Waals surface area contributed by atoms with Gasteiger partial charge in [-0.1, -0.05) is 18.2 Å². The van der Waals surface area contributed by atoms with Crippen molar-refractivity contribution in [1.29, 1.82) is 0 Å². The Morgan fingerprint density at radius 3 is 2.56 bits per heavy atom. The number of aromatic nitrogens is 2. The first kappa shape index (κ1) is 21.4. The van der Waals surface area contributed by atoms with E-state index in [1.807, 2.05) is 48.9 Å². The predicted molar refractivity (Wildman–Crippen MR) is 124 cm³/mol. The van der Waals surface area contributed by atoms with Crippen molar-refractivity contribution in [1.82, 2.24) is 15.1 Å². The average molecular weight is 431 g/mol. The summed E-state index contributed by atoms with van der Waals surface area (Å²) in [6.45, 7) is 3.88. The highest BCUT2D eigenvalue weighted by atomic mass is 16.5. The maximum absolute atomic E-state index is 12.7. The molecule has 0 unspecified atom stereocenters. The highest BCUT2D eigenvalue weighted by molar-refractivity contribution is 6.08. The first-order chi connectivity index (χ1) is 15.5. The summed E-state index contributed by atoms with van der Waals surface area (Å²) >= 11 is 0. The van der Waals surface area contributed by atoms with Gasteiger partial charge in [-0.25, -0.2) is 4.68 Å². The van der Waals surface area contributed by atoms with E-state index in [1.54, 1.807) is 31.4 Å². The number of nitrogens with zero attached hydrogens (tertiary/aromatic N) is 2. The highest BCUT2D eigenvalue weighted by Crippen LogP contribution is 2.25. The number of anilines is 1. The lowest BCUT2D eigenvalue weighted by Gasteiger charge is -2.12. The summed E-state index contributed by atoms with van der Waals surface area (Å²) in [4.78, 5) is 25.3. The molecule has 2 aromatic carbocycles. The van der Waals surface area contributed by atoms with E-state index in [0.29, 0.717) is 17.0 Å². The molecule has 1 saturated carbocycles. The Morgan fingerprint density at radius 2 is 1.88 bits per heavy atom. The number of ether oxygens (including phenoxy) is 1. The van der Waals surface area contributed by atoms with Gasteiger partial charge >= 0.3 is 0 Å². The molecule has 0 bridgehead atoms. The van der Waals surface area contributed by atoms with Crippen LogP contribution in [-0.2, 0) is 4.79 Å². The van der Waals surface area contributed by atoms with E-state index in [9.17, 15) is 9.59 Å². The molecule has 7 heteroatoms. The van der Waals surface area contributed by atoms with Gasteiger partial charge in [-0.15, -0.1) is 0 Å². The van der Waals surface area contributed by atoms with Crippen LogP contribution >= 0.6 is 0 Å². The van der Waals surface area contributed by atoms with Crippen LogP contribution in [0.25, 0.3) is 11.8 Å². The summed E-state index contributed by atoms with van der Waals surface area (Å²) in [6.07, 6.45) is 5.17. The van der Waals surface area contributed by atoms with Crippen molar-refractivity contribution < 1.29 is 14.3 Å². The monoisotopic (exact) mass is 430 g/mol. The standard InChI is InChI=1S/C25H26N4O3/c1-16-21(17(2)29(28-16)19-7-5-4-6-8-19)12-14-24(30)27-23-13-11-20(32-3)15-22(23)25(31)26-18-9-10-18/h4-8,11-15,18H,9-10H2,1-3H3,(H,26,31)(H,27,30). The molecule has 0 atom stereocenters. The zero-order valence-corrected chi connectivity index (χ0v) is 18.4. The lowest BCUT2D eigenvalue weighted by molar-refractivity contribution is -0.111. The molecular weight excluding hydrogens is 404 g/mol. The number of carbonyl (C=O) groups is 2. The van der Waals surface area contributed by atoms with Gasteiger partial charge in [0.05, 0.1) is 29.7 Å². The Labute approximate surface area is 187 Å². The SMILES string of the molecule is COc1ccc(NC(=O)C=Cc2c(C)nn(-c3ccccc3)c2C)c(C(=O)NC2CC2)c1. The largest absolute Gasteiger partial charge is 0.497 e. The Balaban J connectivity index is 1.53. The minimum atomic E-state index is -0.332. The van der Waals surface area contributed by atoms with Gasteiger partial charge in [-0.05, 0) is 63.1 Å². The molecule has 1 heterocycles. The molecule has 2 amide bonds. The second-order valence-corrected chi connectivity index (χ2v) is 7.81. The summed E-state index contributed by atoms with van der Waals surface area (Å²) in [7, 11) is 1.54. The third-order valence-corrected chi connectivity index (χ3v) is 5.39. The van der Waals surface area contributed by atoms with Crippen LogP contribution in [0.1, 0.15) is 40.2 Å². The number of nitrogens with one attached hydrogen (secondary N) is 2. The second kappa shape index (κ2) is 9.09. The van der Waals surface area contributed by atoms with Crippen molar-refractivity contribution in [3.63, 3.8) is 0 Å². The summed E-state index contributed by atoms with van der Waals surface area (Å²) in [5.41, 5.74) is 4.41. The number of methoxy groups -OCH3 is 1. The minimum Gasteiger partial charge on any atom is -0.497 e. The molecule has 3 aromatic rings. The van der Waals surface area contributed by atoms with Crippen molar-refractivity contribution in [3.8, 4) is 11.4 Å². The first-order valence-corrected chi connectivity index (χ1v) is 10.6. The average Bonchev–Trinajstić information content (AvgIpc) is 3.57. The molecule has 0 spiro atoms. The van der Waals surface area contributed by atoms with Crippen LogP contribution in [0.2, 0.25) is 0 Å². The van der Waals surface area contributed by atoms with Gasteiger partial charge in [0, 0.05) is 23.4 Å². The lowest BCUT2D eigenvalue weighted by atomic mass is 10.1. The molecule has 164 valence electrons. The smallest absolute Gasteiger partial charge is 0.253 e. The Bertz CT molecular complexity index is 1180. The number of amides is 2. The van der Waals surface area contributed by atoms with E-state index in [1.165, 1.54) is 6.08 Å². The summed E-state index contributed by atoms with van der Waals surface area (Å²) in [5, 5.41) is 10.4. The summed E-state index contributed by atoms with van der Waals surface area (Å²) in [5.74, 6) is 0.00229. The van der Waals surface area contributed by atoms with Crippen LogP contribution in [0, 0.1) is 13.8 Å². The Morgan fingerprint density at radius 1 is 1.12 bits per heavy atom. The highest BCUT2D eigenvalue weighted by Gasteiger charge is 2.25. The molecule has 0 radical (unpaired) electrons. The Kier molecular flexibility index (Phi) is 6.07. The number of benzene rings is 2. The van der Waals surface area contributed by atoms with Crippen molar-refractivity contribution in [2.75, 3.05) is 12.4 Å². The van der Waals surface area contributed by atoms with E-state index in [2.05, 4.69) is 15.7 Å². The summed E-state index contributed by atoms with van der Waals surface area (Å²) in [6, 6.07) is 15.1. The number of carbonyl (C=O) groups excluding carboxylic acids is 2.